The number of amides is 1. The highest BCUT2D eigenvalue weighted by Crippen LogP contribution is 2.24. The zero-order chi connectivity index (χ0) is 15.5. The number of hydrogen-bond acceptors (Lipinski definition) is 5. The van der Waals surface area contributed by atoms with E-state index in [9.17, 15) is 4.79 Å². The summed E-state index contributed by atoms with van der Waals surface area (Å²) in [5.74, 6) is 1.10. The Morgan fingerprint density at radius 3 is 3.27 bits per heavy atom. The van der Waals surface area contributed by atoms with E-state index in [1.807, 2.05) is 18.3 Å². The minimum absolute atomic E-state index is 0.0589. The highest BCUT2D eigenvalue weighted by atomic mass is 16.2. The number of anilines is 1. The van der Waals surface area contributed by atoms with Crippen LogP contribution in [0.25, 0.3) is 11.0 Å². The van der Waals surface area contributed by atoms with Gasteiger partial charge in [-0.3, -0.25) is 4.79 Å². The SMILES string of the molecule is C[C@H]1CCN(C(=O)CC#N)C[C@H]1Nc1ncnc2[nH]ccc12. The molecule has 114 valence electrons. The van der Waals surface area contributed by atoms with E-state index >= 15 is 0 Å². The second kappa shape index (κ2) is 6.02. The molecule has 7 nitrogen and oxygen atoms in total. The number of nitriles is 1. The van der Waals surface area contributed by atoms with Gasteiger partial charge in [0, 0.05) is 25.3 Å². The first-order valence-electron chi connectivity index (χ1n) is 7.38. The van der Waals surface area contributed by atoms with Crippen LogP contribution < -0.4 is 5.32 Å². The van der Waals surface area contributed by atoms with Crippen LogP contribution in [0.15, 0.2) is 18.6 Å². The number of carbonyl (C=O) groups excluding carboxylic acids is 1. The fraction of sp³-hybridized carbons (Fsp3) is 0.467. The highest BCUT2D eigenvalue weighted by molar-refractivity contribution is 5.86. The molecule has 7 heteroatoms. The standard InChI is InChI=1S/C15H18N6O/c1-10-4-7-21(13(22)2-5-16)8-12(10)20-15-11-3-6-17-14(11)18-9-19-15/h3,6,9-10,12H,2,4,7-8H2,1H3,(H2,17,18,19,20)/t10-,12+/m0/s1. The molecule has 0 bridgehead atoms. The number of aromatic nitrogens is 3. The molecular formula is C15H18N6O. The molecule has 3 rings (SSSR count). The minimum Gasteiger partial charge on any atom is -0.365 e. The Morgan fingerprint density at radius 1 is 1.59 bits per heavy atom. The fourth-order valence-electron chi connectivity index (χ4n) is 2.83. The number of hydrogen-bond donors (Lipinski definition) is 2. The number of piperidine rings is 1. The lowest BCUT2D eigenvalue weighted by Gasteiger charge is -2.37. The van der Waals surface area contributed by atoms with Crippen LogP contribution in [0.3, 0.4) is 0 Å². The van der Waals surface area contributed by atoms with Gasteiger partial charge in [0.15, 0.2) is 0 Å². The Kier molecular flexibility index (Phi) is 3.92. The Morgan fingerprint density at radius 2 is 2.45 bits per heavy atom. The van der Waals surface area contributed by atoms with Gasteiger partial charge in [0.05, 0.1) is 11.5 Å². The van der Waals surface area contributed by atoms with Crippen molar-refractivity contribution in [1.82, 2.24) is 19.9 Å². The average Bonchev–Trinajstić information content (AvgIpc) is 2.99. The summed E-state index contributed by atoms with van der Waals surface area (Å²) in [6.45, 7) is 3.47. The maximum absolute atomic E-state index is 11.9. The van der Waals surface area contributed by atoms with Crippen LogP contribution in [0.4, 0.5) is 5.82 Å². The molecule has 2 aromatic heterocycles. The third kappa shape index (κ3) is 2.72. The largest absolute Gasteiger partial charge is 0.365 e. The zero-order valence-electron chi connectivity index (χ0n) is 12.4. The number of likely N-dealkylation sites (tertiary alicyclic amines) is 1. The molecule has 1 saturated heterocycles. The lowest BCUT2D eigenvalue weighted by atomic mass is 9.93. The van der Waals surface area contributed by atoms with Crippen LogP contribution in [0, 0.1) is 17.2 Å². The second-order valence-corrected chi connectivity index (χ2v) is 5.65. The van der Waals surface area contributed by atoms with E-state index in [-0.39, 0.29) is 18.4 Å². The van der Waals surface area contributed by atoms with Crippen molar-refractivity contribution < 1.29 is 4.79 Å². The zero-order valence-corrected chi connectivity index (χ0v) is 12.4. The summed E-state index contributed by atoms with van der Waals surface area (Å²) >= 11 is 0. The van der Waals surface area contributed by atoms with Gasteiger partial charge in [-0.05, 0) is 18.4 Å². The maximum atomic E-state index is 11.9. The van der Waals surface area contributed by atoms with Crippen molar-refractivity contribution >= 4 is 22.8 Å². The van der Waals surface area contributed by atoms with Crippen LogP contribution in [0.5, 0.6) is 0 Å². The summed E-state index contributed by atoms with van der Waals surface area (Å²) in [4.78, 5) is 25.2. The summed E-state index contributed by atoms with van der Waals surface area (Å²) in [5, 5.41) is 13.1. The Balaban J connectivity index is 1.77. The molecule has 0 spiro atoms. The number of nitrogens with zero attached hydrogens (tertiary/aromatic N) is 4. The smallest absolute Gasteiger partial charge is 0.236 e. The lowest BCUT2D eigenvalue weighted by molar-refractivity contribution is -0.131. The van der Waals surface area contributed by atoms with E-state index in [1.54, 1.807) is 4.90 Å². The van der Waals surface area contributed by atoms with Gasteiger partial charge < -0.3 is 15.2 Å². The van der Waals surface area contributed by atoms with Crippen LogP contribution in [0.1, 0.15) is 19.8 Å². The topological polar surface area (TPSA) is 97.7 Å². The predicted molar refractivity (Wildman–Crippen MR) is 81.9 cm³/mol. The van der Waals surface area contributed by atoms with E-state index in [2.05, 4.69) is 27.2 Å². The number of fused-ring (bicyclic) bond motifs is 1. The first-order valence-corrected chi connectivity index (χ1v) is 7.38. The normalized spacial score (nSPS) is 21.5. The number of carbonyl (C=O) groups is 1. The lowest BCUT2D eigenvalue weighted by Crippen LogP contribution is -2.49. The van der Waals surface area contributed by atoms with Gasteiger partial charge in [0.1, 0.15) is 24.2 Å². The molecule has 1 aliphatic heterocycles. The third-order valence-electron chi connectivity index (χ3n) is 4.22. The van der Waals surface area contributed by atoms with Crippen LogP contribution in [-0.4, -0.2) is 44.9 Å². The van der Waals surface area contributed by atoms with Crippen molar-refractivity contribution in [2.75, 3.05) is 18.4 Å². The van der Waals surface area contributed by atoms with Crippen molar-refractivity contribution in [3.05, 3.63) is 18.6 Å². The minimum atomic E-state index is -0.101. The molecule has 0 aromatic carbocycles. The van der Waals surface area contributed by atoms with Gasteiger partial charge in [-0.25, -0.2) is 9.97 Å². The van der Waals surface area contributed by atoms with Crippen molar-refractivity contribution in [2.24, 2.45) is 5.92 Å². The van der Waals surface area contributed by atoms with E-state index in [0.717, 1.165) is 23.3 Å². The molecule has 0 radical (unpaired) electrons. The van der Waals surface area contributed by atoms with Crippen LogP contribution in [0.2, 0.25) is 0 Å². The van der Waals surface area contributed by atoms with Gasteiger partial charge >= 0.3 is 0 Å². The second-order valence-electron chi connectivity index (χ2n) is 5.65. The van der Waals surface area contributed by atoms with Crippen molar-refractivity contribution in [3.63, 3.8) is 0 Å². The van der Waals surface area contributed by atoms with Gasteiger partial charge in [0.2, 0.25) is 5.91 Å². The van der Waals surface area contributed by atoms with Gasteiger partial charge in [-0.2, -0.15) is 5.26 Å². The molecule has 1 aliphatic rings. The number of nitrogens with one attached hydrogen (secondary N) is 2. The Bertz CT molecular complexity index is 718. The molecule has 1 amide bonds. The maximum Gasteiger partial charge on any atom is 0.236 e. The number of H-pyrrole nitrogens is 1. The summed E-state index contributed by atoms with van der Waals surface area (Å²) in [5.41, 5.74) is 0.790. The van der Waals surface area contributed by atoms with Gasteiger partial charge in [0.25, 0.3) is 0 Å². The molecule has 3 heterocycles. The average molecular weight is 298 g/mol. The van der Waals surface area contributed by atoms with E-state index in [4.69, 9.17) is 5.26 Å². The Labute approximate surface area is 128 Å². The van der Waals surface area contributed by atoms with Crippen molar-refractivity contribution in [1.29, 1.82) is 5.26 Å². The molecular weight excluding hydrogens is 280 g/mol. The van der Waals surface area contributed by atoms with Crippen molar-refractivity contribution in [3.8, 4) is 6.07 Å². The molecule has 0 saturated carbocycles. The monoisotopic (exact) mass is 298 g/mol. The van der Waals surface area contributed by atoms with Crippen LogP contribution >= 0.6 is 0 Å². The van der Waals surface area contributed by atoms with Gasteiger partial charge in [-0.15, -0.1) is 0 Å². The molecule has 0 aliphatic carbocycles. The number of rotatable bonds is 3. The van der Waals surface area contributed by atoms with Gasteiger partial charge in [-0.1, -0.05) is 6.92 Å². The Hall–Kier alpha value is -2.62. The first-order chi connectivity index (χ1) is 10.7. The molecule has 2 N–H and O–H groups in total. The fourth-order valence-corrected chi connectivity index (χ4v) is 2.83. The highest BCUT2D eigenvalue weighted by Gasteiger charge is 2.29. The summed E-state index contributed by atoms with van der Waals surface area (Å²) in [7, 11) is 0. The van der Waals surface area contributed by atoms with E-state index in [0.29, 0.717) is 19.0 Å². The van der Waals surface area contributed by atoms with Crippen LogP contribution in [-0.2, 0) is 4.79 Å². The third-order valence-corrected chi connectivity index (χ3v) is 4.22. The molecule has 2 aromatic rings. The molecule has 2 atom stereocenters. The first kappa shape index (κ1) is 14.3. The summed E-state index contributed by atoms with van der Waals surface area (Å²) < 4.78 is 0. The molecule has 0 unspecified atom stereocenters. The van der Waals surface area contributed by atoms with Crippen molar-refractivity contribution in [2.45, 2.75) is 25.8 Å². The molecule has 1 fully saturated rings. The predicted octanol–water partition coefficient (Wildman–Crippen LogP) is 1.52. The van der Waals surface area contributed by atoms with E-state index in [1.165, 1.54) is 6.33 Å². The number of aromatic amines is 1. The molecule has 22 heavy (non-hydrogen) atoms. The quantitative estimate of drug-likeness (QED) is 0.895. The summed E-state index contributed by atoms with van der Waals surface area (Å²) in [6, 6.07) is 3.97. The summed E-state index contributed by atoms with van der Waals surface area (Å²) in [6.07, 6.45) is 4.21. The van der Waals surface area contributed by atoms with E-state index < -0.39 is 0 Å².